The van der Waals surface area contributed by atoms with Gasteiger partial charge in [0.25, 0.3) is 0 Å². The standard InChI is InChI=1S/C19H21F2N3O2/c1-3-24(4-2)15-8-6-14(7-9-15)22-18(25)12-19(26)23-17-10-5-13(20)11-16(17)21/h5-11H,3-4,12H2,1-2H3,(H,22,25)(H,23,26). The van der Waals surface area contributed by atoms with Crippen molar-refractivity contribution in [1.82, 2.24) is 0 Å². The fourth-order valence-corrected chi connectivity index (χ4v) is 2.48. The number of nitrogens with one attached hydrogen (secondary N) is 2. The van der Waals surface area contributed by atoms with Crippen molar-refractivity contribution in [3.05, 3.63) is 54.1 Å². The van der Waals surface area contributed by atoms with Crippen molar-refractivity contribution in [2.75, 3.05) is 28.6 Å². The lowest BCUT2D eigenvalue weighted by Gasteiger charge is -2.21. The van der Waals surface area contributed by atoms with Crippen LogP contribution in [0, 0.1) is 11.6 Å². The Labute approximate surface area is 151 Å². The van der Waals surface area contributed by atoms with Crippen LogP contribution in [0.5, 0.6) is 0 Å². The van der Waals surface area contributed by atoms with Gasteiger partial charge in [-0.2, -0.15) is 0 Å². The van der Waals surface area contributed by atoms with Gasteiger partial charge in [0, 0.05) is 30.5 Å². The van der Waals surface area contributed by atoms with E-state index in [1.165, 1.54) is 0 Å². The van der Waals surface area contributed by atoms with E-state index in [4.69, 9.17) is 0 Å². The predicted molar refractivity (Wildman–Crippen MR) is 98.2 cm³/mol. The zero-order chi connectivity index (χ0) is 19.1. The summed E-state index contributed by atoms with van der Waals surface area (Å²) in [6.07, 6.45) is -0.478. The Bertz CT molecular complexity index is 775. The van der Waals surface area contributed by atoms with Crippen molar-refractivity contribution in [2.24, 2.45) is 0 Å². The lowest BCUT2D eigenvalue weighted by atomic mass is 10.2. The maximum absolute atomic E-state index is 13.5. The SMILES string of the molecule is CCN(CC)c1ccc(NC(=O)CC(=O)Nc2ccc(F)cc2F)cc1. The van der Waals surface area contributed by atoms with E-state index in [2.05, 4.69) is 29.4 Å². The normalized spacial score (nSPS) is 10.3. The first-order valence-electron chi connectivity index (χ1n) is 8.32. The van der Waals surface area contributed by atoms with Gasteiger partial charge < -0.3 is 15.5 Å². The highest BCUT2D eigenvalue weighted by atomic mass is 19.1. The minimum atomic E-state index is -0.897. The minimum Gasteiger partial charge on any atom is -0.372 e. The molecule has 0 spiro atoms. The van der Waals surface area contributed by atoms with Crippen LogP contribution in [0.25, 0.3) is 0 Å². The number of anilines is 3. The smallest absolute Gasteiger partial charge is 0.233 e. The van der Waals surface area contributed by atoms with Crippen molar-refractivity contribution < 1.29 is 18.4 Å². The molecule has 2 rings (SSSR count). The molecule has 0 aliphatic carbocycles. The van der Waals surface area contributed by atoms with Gasteiger partial charge in [-0.15, -0.1) is 0 Å². The lowest BCUT2D eigenvalue weighted by molar-refractivity contribution is -0.123. The third kappa shape index (κ3) is 5.27. The van der Waals surface area contributed by atoms with Crippen molar-refractivity contribution >= 4 is 28.9 Å². The number of carbonyl (C=O) groups excluding carboxylic acids is 2. The van der Waals surface area contributed by atoms with Crippen molar-refractivity contribution in [3.63, 3.8) is 0 Å². The van der Waals surface area contributed by atoms with Gasteiger partial charge in [-0.3, -0.25) is 9.59 Å². The predicted octanol–water partition coefficient (Wildman–Crippen LogP) is 3.78. The first kappa shape index (κ1) is 19.4. The molecule has 2 N–H and O–H groups in total. The van der Waals surface area contributed by atoms with Gasteiger partial charge >= 0.3 is 0 Å². The van der Waals surface area contributed by atoms with Crippen LogP contribution in [0.1, 0.15) is 20.3 Å². The summed E-state index contributed by atoms with van der Waals surface area (Å²) < 4.78 is 26.3. The molecule has 5 nitrogen and oxygen atoms in total. The molecule has 2 aromatic rings. The van der Waals surface area contributed by atoms with E-state index in [-0.39, 0.29) is 5.69 Å². The number of hydrogen-bond acceptors (Lipinski definition) is 3. The average molecular weight is 361 g/mol. The van der Waals surface area contributed by atoms with Crippen molar-refractivity contribution in [3.8, 4) is 0 Å². The zero-order valence-corrected chi connectivity index (χ0v) is 14.7. The molecule has 138 valence electrons. The molecule has 0 aromatic heterocycles. The molecule has 0 aliphatic rings. The first-order valence-corrected chi connectivity index (χ1v) is 8.32. The molecule has 0 aliphatic heterocycles. The number of benzene rings is 2. The summed E-state index contributed by atoms with van der Waals surface area (Å²) >= 11 is 0. The van der Waals surface area contributed by atoms with Gasteiger partial charge in [-0.1, -0.05) is 0 Å². The molecular formula is C19H21F2N3O2. The quantitative estimate of drug-likeness (QED) is 0.738. The molecule has 0 bridgehead atoms. The molecule has 2 amide bonds. The molecule has 0 saturated carbocycles. The second-order valence-electron chi connectivity index (χ2n) is 5.62. The maximum atomic E-state index is 13.5. The molecule has 0 saturated heterocycles. The van der Waals surface area contributed by atoms with E-state index in [0.29, 0.717) is 11.8 Å². The van der Waals surface area contributed by atoms with E-state index in [1.54, 1.807) is 12.1 Å². The summed E-state index contributed by atoms with van der Waals surface area (Å²) in [5, 5.41) is 4.86. The molecule has 0 heterocycles. The fraction of sp³-hybridized carbons (Fsp3) is 0.263. The number of hydrogen-bond donors (Lipinski definition) is 2. The molecule has 7 heteroatoms. The third-order valence-corrected chi connectivity index (χ3v) is 3.81. The van der Waals surface area contributed by atoms with E-state index in [9.17, 15) is 18.4 Å². The molecule has 0 atom stereocenters. The number of nitrogens with zero attached hydrogens (tertiary/aromatic N) is 1. The first-order chi connectivity index (χ1) is 12.4. The van der Waals surface area contributed by atoms with Crippen LogP contribution in [0.3, 0.4) is 0 Å². The third-order valence-electron chi connectivity index (χ3n) is 3.81. The highest BCUT2D eigenvalue weighted by molar-refractivity contribution is 6.08. The highest BCUT2D eigenvalue weighted by Gasteiger charge is 2.13. The summed E-state index contributed by atoms with van der Waals surface area (Å²) in [5.41, 5.74) is 1.43. The number of halogens is 2. The summed E-state index contributed by atoms with van der Waals surface area (Å²) in [4.78, 5) is 25.9. The summed E-state index contributed by atoms with van der Waals surface area (Å²) in [6, 6.07) is 10.1. The molecule has 26 heavy (non-hydrogen) atoms. The second-order valence-corrected chi connectivity index (χ2v) is 5.62. The largest absolute Gasteiger partial charge is 0.372 e. The van der Waals surface area contributed by atoms with E-state index >= 15 is 0 Å². The van der Waals surface area contributed by atoms with Gasteiger partial charge in [0.1, 0.15) is 18.1 Å². The molecule has 2 aromatic carbocycles. The van der Waals surface area contributed by atoms with Crippen LogP contribution in [0.2, 0.25) is 0 Å². The summed E-state index contributed by atoms with van der Waals surface area (Å²) in [7, 11) is 0. The minimum absolute atomic E-state index is 0.173. The van der Waals surface area contributed by atoms with E-state index < -0.39 is 29.9 Å². The van der Waals surface area contributed by atoms with Gasteiger partial charge in [0.15, 0.2) is 0 Å². The Hall–Kier alpha value is -2.96. The second kappa shape index (κ2) is 8.94. The Balaban J connectivity index is 1.90. The van der Waals surface area contributed by atoms with Gasteiger partial charge in [0.2, 0.25) is 11.8 Å². The number of rotatable bonds is 7. The number of carbonyl (C=O) groups is 2. The summed E-state index contributed by atoms with van der Waals surface area (Å²) in [5.74, 6) is -2.86. The Morgan fingerprint density at radius 2 is 1.54 bits per heavy atom. The summed E-state index contributed by atoms with van der Waals surface area (Å²) in [6.45, 7) is 5.87. The molecule has 0 unspecified atom stereocenters. The van der Waals surface area contributed by atoms with Crippen LogP contribution >= 0.6 is 0 Å². The Kier molecular flexibility index (Phi) is 6.66. The molecule has 0 fully saturated rings. The average Bonchev–Trinajstić information content (AvgIpc) is 2.60. The van der Waals surface area contributed by atoms with Gasteiger partial charge in [0.05, 0.1) is 5.69 Å². The monoisotopic (exact) mass is 361 g/mol. The van der Waals surface area contributed by atoms with Crippen molar-refractivity contribution in [2.45, 2.75) is 20.3 Å². The van der Waals surface area contributed by atoms with Crippen LogP contribution in [0.4, 0.5) is 25.8 Å². The molecule has 0 radical (unpaired) electrons. The highest BCUT2D eigenvalue weighted by Crippen LogP contribution is 2.18. The molecular weight excluding hydrogens is 340 g/mol. The van der Waals surface area contributed by atoms with Crippen LogP contribution in [-0.2, 0) is 9.59 Å². The van der Waals surface area contributed by atoms with Crippen LogP contribution < -0.4 is 15.5 Å². The Morgan fingerprint density at radius 1 is 0.923 bits per heavy atom. The maximum Gasteiger partial charge on any atom is 0.233 e. The van der Waals surface area contributed by atoms with Crippen molar-refractivity contribution in [1.29, 1.82) is 0 Å². The topological polar surface area (TPSA) is 61.4 Å². The number of amides is 2. The Morgan fingerprint density at radius 3 is 2.12 bits per heavy atom. The fourth-order valence-electron chi connectivity index (χ4n) is 2.48. The van der Waals surface area contributed by atoms with Gasteiger partial charge in [-0.05, 0) is 50.2 Å². The lowest BCUT2D eigenvalue weighted by Crippen LogP contribution is -2.22. The van der Waals surface area contributed by atoms with Crippen LogP contribution in [-0.4, -0.2) is 24.9 Å². The van der Waals surface area contributed by atoms with E-state index in [0.717, 1.165) is 30.9 Å². The van der Waals surface area contributed by atoms with Crippen LogP contribution in [0.15, 0.2) is 42.5 Å². The van der Waals surface area contributed by atoms with E-state index in [1.807, 2.05) is 12.1 Å². The zero-order valence-electron chi connectivity index (χ0n) is 14.7. The van der Waals surface area contributed by atoms with Gasteiger partial charge in [-0.25, -0.2) is 8.78 Å².